The van der Waals surface area contributed by atoms with Gasteiger partial charge in [-0.05, 0) is 61.6 Å². The molecule has 4 aliphatic rings. The van der Waals surface area contributed by atoms with E-state index in [1.54, 1.807) is 0 Å². The van der Waals surface area contributed by atoms with Crippen molar-refractivity contribution in [3.05, 3.63) is 29.8 Å². The molecule has 1 aromatic carbocycles. The maximum atomic E-state index is 13.2. The van der Waals surface area contributed by atoms with Gasteiger partial charge < -0.3 is 10.1 Å². The molecule has 0 aromatic heterocycles. The number of nitrogens with one attached hydrogen (secondary N) is 1. The van der Waals surface area contributed by atoms with Gasteiger partial charge in [-0.3, -0.25) is 14.5 Å². The van der Waals surface area contributed by atoms with Crippen molar-refractivity contribution >= 4 is 17.6 Å². The van der Waals surface area contributed by atoms with Gasteiger partial charge in [0.05, 0.1) is 18.4 Å². The molecule has 1 spiro atoms. The smallest absolute Gasteiger partial charge is 0.308 e. The van der Waals surface area contributed by atoms with E-state index >= 15 is 0 Å². The van der Waals surface area contributed by atoms with Crippen molar-refractivity contribution in [3.63, 3.8) is 0 Å². The Morgan fingerprint density at radius 3 is 2.89 bits per heavy atom. The van der Waals surface area contributed by atoms with Gasteiger partial charge in [0.2, 0.25) is 5.91 Å². The van der Waals surface area contributed by atoms with E-state index in [9.17, 15) is 9.59 Å². The van der Waals surface area contributed by atoms with Crippen LogP contribution < -0.4 is 5.32 Å². The molecule has 1 aliphatic carbocycles. The number of ether oxygens (including phenoxy) is 1. The first kappa shape index (κ1) is 17.2. The highest BCUT2D eigenvalue weighted by Gasteiger charge is 2.61. The Hall–Kier alpha value is -1.88. The van der Waals surface area contributed by atoms with Crippen LogP contribution in [0.25, 0.3) is 0 Å². The number of amides is 1. The Bertz CT molecular complexity index is 794. The molecule has 0 radical (unpaired) electrons. The average molecular weight is 368 g/mol. The molecule has 1 N–H and O–H groups in total. The first-order valence-corrected chi connectivity index (χ1v) is 10.3. The predicted molar refractivity (Wildman–Crippen MR) is 102 cm³/mol. The second-order valence-corrected chi connectivity index (χ2v) is 8.98. The Morgan fingerprint density at radius 1 is 1.26 bits per heavy atom. The highest BCUT2D eigenvalue weighted by atomic mass is 16.5. The van der Waals surface area contributed by atoms with E-state index in [0.29, 0.717) is 17.8 Å². The van der Waals surface area contributed by atoms with Crippen molar-refractivity contribution in [1.82, 2.24) is 4.90 Å². The minimum absolute atomic E-state index is 0.0179. The van der Waals surface area contributed by atoms with Crippen molar-refractivity contribution in [2.75, 3.05) is 25.5 Å². The molecule has 3 aliphatic heterocycles. The quantitative estimate of drug-likeness (QED) is 0.775. The number of benzene rings is 1. The molecule has 3 heterocycles. The van der Waals surface area contributed by atoms with Gasteiger partial charge in [0.1, 0.15) is 0 Å². The molecule has 1 unspecified atom stereocenters. The summed E-state index contributed by atoms with van der Waals surface area (Å²) in [7, 11) is 1.50. The van der Waals surface area contributed by atoms with Crippen LogP contribution in [0.15, 0.2) is 24.3 Å². The fourth-order valence-electron chi connectivity index (χ4n) is 6.66. The summed E-state index contributed by atoms with van der Waals surface area (Å²) in [5, 5.41) is 3.13. The number of para-hydroxylation sites is 1. The van der Waals surface area contributed by atoms with E-state index in [0.717, 1.165) is 50.0 Å². The topological polar surface area (TPSA) is 58.6 Å². The summed E-state index contributed by atoms with van der Waals surface area (Å²) in [6, 6.07) is 8.33. The van der Waals surface area contributed by atoms with Crippen molar-refractivity contribution in [2.45, 2.75) is 44.1 Å². The lowest BCUT2D eigenvalue weighted by Crippen LogP contribution is -2.57. The van der Waals surface area contributed by atoms with E-state index in [1.807, 2.05) is 18.2 Å². The van der Waals surface area contributed by atoms with Gasteiger partial charge in [0.25, 0.3) is 0 Å². The number of esters is 1. The maximum Gasteiger partial charge on any atom is 0.308 e. The van der Waals surface area contributed by atoms with Crippen molar-refractivity contribution in [3.8, 4) is 0 Å². The van der Waals surface area contributed by atoms with Crippen molar-refractivity contribution < 1.29 is 14.3 Å². The largest absolute Gasteiger partial charge is 0.469 e. The Balaban J connectivity index is 1.53. The lowest BCUT2D eigenvalue weighted by Gasteiger charge is -2.51. The standard InChI is InChI=1S/C22H28N2O3/c1-13-7-8-14(20(25)27-2)15-11-19-22(9-10-24(19)12-16(13)15)17-5-3-4-6-18(17)23-21(22)26/h3-6,13-16,19H,7-12H2,1-2H3,(H,23,26)/t13-,14?,15-,16+,19+,22+/m1/s1. The summed E-state index contributed by atoms with van der Waals surface area (Å²) in [4.78, 5) is 28.2. The molecule has 1 saturated carbocycles. The number of carbonyl (C=O) groups is 2. The summed E-state index contributed by atoms with van der Waals surface area (Å²) in [6.07, 6.45) is 3.79. The van der Waals surface area contributed by atoms with Crippen LogP contribution in [-0.4, -0.2) is 43.0 Å². The zero-order valence-corrected chi connectivity index (χ0v) is 16.1. The molecule has 1 amide bonds. The Kier molecular flexibility index (Phi) is 3.87. The number of anilines is 1. The van der Waals surface area contributed by atoms with Crippen LogP contribution in [0.1, 0.15) is 38.2 Å². The van der Waals surface area contributed by atoms with E-state index in [4.69, 9.17) is 4.74 Å². The van der Waals surface area contributed by atoms with Crippen LogP contribution in [0, 0.1) is 23.7 Å². The fourth-order valence-corrected chi connectivity index (χ4v) is 6.66. The van der Waals surface area contributed by atoms with Gasteiger partial charge >= 0.3 is 5.97 Å². The Morgan fingerprint density at radius 2 is 2.07 bits per heavy atom. The van der Waals surface area contributed by atoms with Crippen molar-refractivity contribution in [2.24, 2.45) is 23.7 Å². The minimum atomic E-state index is -0.455. The number of hydrogen-bond acceptors (Lipinski definition) is 4. The van der Waals surface area contributed by atoms with Crippen LogP contribution in [0.2, 0.25) is 0 Å². The number of carbonyl (C=O) groups excluding carboxylic acids is 2. The SMILES string of the molecule is COC(=O)C1CC[C@@H](C)[C@@H]2CN3CC[C@@]4(C(=O)Nc5ccccc54)[C@@H]3C[C@H]12. The maximum absolute atomic E-state index is 13.2. The number of piperidine rings is 1. The summed E-state index contributed by atoms with van der Waals surface area (Å²) in [6.45, 7) is 4.29. The molecule has 5 heteroatoms. The van der Waals surface area contributed by atoms with E-state index in [2.05, 4.69) is 23.2 Å². The summed E-state index contributed by atoms with van der Waals surface area (Å²) < 4.78 is 5.15. The van der Waals surface area contributed by atoms with Crippen LogP contribution in [-0.2, 0) is 19.7 Å². The van der Waals surface area contributed by atoms with Crippen LogP contribution in [0.3, 0.4) is 0 Å². The first-order chi connectivity index (χ1) is 13.1. The molecule has 144 valence electrons. The summed E-state index contributed by atoms with van der Waals surface area (Å²) >= 11 is 0. The predicted octanol–water partition coefficient (Wildman–Crippen LogP) is 2.81. The third-order valence-corrected chi connectivity index (χ3v) is 8.04. The van der Waals surface area contributed by atoms with E-state index in [1.165, 1.54) is 7.11 Å². The molecule has 1 aromatic rings. The number of hydrogen-bond donors (Lipinski definition) is 1. The number of methoxy groups -OCH3 is 1. The number of fused-ring (bicyclic) bond motifs is 5. The lowest BCUT2D eigenvalue weighted by molar-refractivity contribution is -0.153. The highest BCUT2D eigenvalue weighted by Crippen LogP contribution is 2.55. The third-order valence-electron chi connectivity index (χ3n) is 8.04. The van der Waals surface area contributed by atoms with Gasteiger partial charge in [-0.2, -0.15) is 0 Å². The van der Waals surface area contributed by atoms with E-state index in [-0.39, 0.29) is 23.8 Å². The average Bonchev–Trinajstić information content (AvgIpc) is 3.20. The first-order valence-electron chi connectivity index (χ1n) is 10.3. The molecular weight excluding hydrogens is 340 g/mol. The lowest BCUT2D eigenvalue weighted by atomic mass is 9.60. The summed E-state index contributed by atoms with van der Waals surface area (Å²) in [5.74, 6) is 1.53. The Labute approximate surface area is 160 Å². The monoisotopic (exact) mass is 368 g/mol. The molecule has 2 saturated heterocycles. The second kappa shape index (κ2) is 6.06. The normalized spacial score (nSPS) is 40.2. The second-order valence-electron chi connectivity index (χ2n) is 8.98. The highest BCUT2D eigenvalue weighted by molar-refractivity contribution is 6.07. The number of nitrogens with zero attached hydrogens (tertiary/aromatic N) is 1. The molecule has 3 fully saturated rings. The molecular formula is C22H28N2O3. The van der Waals surface area contributed by atoms with Gasteiger partial charge in [-0.1, -0.05) is 25.1 Å². The zero-order valence-electron chi connectivity index (χ0n) is 16.1. The van der Waals surface area contributed by atoms with Crippen LogP contribution in [0.5, 0.6) is 0 Å². The van der Waals surface area contributed by atoms with E-state index < -0.39 is 5.41 Å². The van der Waals surface area contributed by atoms with Crippen LogP contribution in [0.4, 0.5) is 5.69 Å². The molecule has 5 rings (SSSR count). The van der Waals surface area contributed by atoms with Gasteiger partial charge in [-0.15, -0.1) is 0 Å². The molecule has 0 bridgehead atoms. The fraction of sp³-hybridized carbons (Fsp3) is 0.636. The third kappa shape index (κ3) is 2.27. The number of rotatable bonds is 1. The van der Waals surface area contributed by atoms with Crippen LogP contribution >= 0.6 is 0 Å². The molecule has 27 heavy (non-hydrogen) atoms. The minimum Gasteiger partial charge on any atom is -0.469 e. The molecule has 6 atom stereocenters. The van der Waals surface area contributed by atoms with Crippen molar-refractivity contribution in [1.29, 1.82) is 0 Å². The zero-order chi connectivity index (χ0) is 18.8. The van der Waals surface area contributed by atoms with Gasteiger partial charge in [0.15, 0.2) is 0 Å². The van der Waals surface area contributed by atoms with Gasteiger partial charge in [-0.25, -0.2) is 0 Å². The summed E-state index contributed by atoms with van der Waals surface area (Å²) in [5.41, 5.74) is 1.66. The molecule has 5 nitrogen and oxygen atoms in total. The van der Waals surface area contributed by atoms with Gasteiger partial charge in [0, 0.05) is 18.3 Å².